The first-order valence-electron chi connectivity index (χ1n) is 9.34. The van der Waals surface area contributed by atoms with Crippen LogP contribution >= 0.6 is 23.4 Å². The summed E-state index contributed by atoms with van der Waals surface area (Å²) in [6, 6.07) is 16.3. The Morgan fingerprint density at radius 3 is 2.73 bits per heavy atom. The number of amides is 1. The maximum absolute atomic E-state index is 13.2. The second-order valence-corrected chi connectivity index (χ2v) is 8.29. The molecule has 1 N–H and O–H groups in total. The zero-order valence-electron chi connectivity index (χ0n) is 15.7. The third kappa shape index (κ3) is 3.28. The highest BCUT2D eigenvalue weighted by atomic mass is 35.5. The van der Waals surface area contributed by atoms with E-state index in [1.165, 1.54) is 18.0 Å². The number of para-hydroxylation sites is 2. The summed E-state index contributed by atoms with van der Waals surface area (Å²) in [6.45, 7) is 0. The Morgan fingerprint density at radius 1 is 1.17 bits per heavy atom. The van der Waals surface area contributed by atoms with Crippen LogP contribution in [-0.2, 0) is 4.79 Å². The number of hydrogen-bond acceptors (Lipinski definition) is 5. The average molecular weight is 438 g/mol. The molecule has 7 nitrogen and oxygen atoms in total. The molecule has 30 heavy (non-hydrogen) atoms. The summed E-state index contributed by atoms with van der Waals surface area (Å²) in [7, 11) is 0. The van der Waals surface area contributed by atoms with E-state index in [2.05, 4.69) is 15.4 Å². The number of carbonyl (C=O) groups excluding carboxylic acids is 1. The third-order valence-corrected chi connectivity index (χ3v) is 6.37. The van der Waals surface area contributed by atoms with Crippen LogP contribution in [-0.4, -0.2) is 31.0 Å². The van der Waals surface area contributed by atoms with Gasteiger partial charge in [-0.15, -0.1) is 0 Å². The Labute approximate surface area is 180 Å². The minimum absolute atomic E-state index is 0.158. The van der Waals surface area contributed by atoms with Crippen LogP contribution in [0.25, 0.3) is 16.7 Å². The zero-order chi connectivity index (χ0) is 20.7. The van der Waals surface area contributed by atoms with E-state index in [4.69, 9.17) is 11.6 Å². The topological polar surface area (TPSA) is 81.8 Å². The van der Waals surface area contributed by atoms with Gasteiger partial charge in [0.05, 0.1) is 28.6 Å². The van der Waals surface area contributed by atoms with Crippen molar-refractivity contribution in [2.75, 3.05) is 11.1 Å². The Morgan fingerprint density at radius 2 is 1.93 bits per heavy atom. The second-order valence-electron chi connectivity index (χ2n) is 6.90. The number of nitrogens with one attached hydrogen (secondary N) is 1. The molecule has 2 aromatic heterocycles. The van der Waals surface area contributed by atoms with Gasteiger partial charge in [-0.25, -0.2) is 9.67 Å². The number of carbonyl (C=O) groups is 1. The minimum atomic E-state index is -0.281. The molecule has 2 aromatic carbocycles. The summed E-state index contributed by atoms with van der Waals surface area (Å²) < 4.78 is 3.27. The van der Waals surface area contributed by atoms with Gasteiger partial charge in [-0.05, 0) is 24.3 Å². The molecule has 1 atom stereocenters. The molecule has 1 aliphatic rings. The molecular formula is C21H16ClN5O2S. The Balaban J connectivity index is 1.46. The molecule has 0 spiro atoms. The van der Waals surface area contributed by atoms with Crippen LogP contribution in [0.2, 0.25) is 5.02 Å². The van der Waals surface area contributed by atoms with Crippen molar-refractivity contribution >= 4 is 46.0 Å². The van der Waals surface area contributed by atoms with Gasteiger partial charge >= 0.3 is 0 Å². The number of thioether (sulfide) groups is 1. The van der Waals surface area contributed by atoms with E-state index in [0.29, 0.717) is 32.7 Å². The number of hydrogen-bond donors (Lipinski definition) is 1. The number of fused-ring (bicyclic) bond motifs is 2. The van der Waals surface area contributed by atoms with Crippen molar-refractivity contribution in [2.24, 2.45) is 0 Å². The molecule has 1 unspecified atom stereocenters. The number of nitrogens with zero attached hydrogens (tertiary/aromatic N) is 4. The summed E-state index contributed by atoms with van der Waals surface area (Å²) >= 11 is 7.58. The van der Waals surface area contributed by atoms with Gasteiger partial charge in [-0.3, -0.25) is 14.2 Å². The van der Waals surface area contributed by atoms with Gasteiger partial charge in [0.2, 0.25) is 5.91 Å². The summed E-state index contributed by atoms with van der Waals surface area (Å²) in [5.41, 5.74) is 1.73. The van der Waals surface area contributed by atoms with Crippen molar-refractivity contribution in [1.82, 2.24) is 19.3 Å². The van der Waals surface area contributed by atoms with E-state index in [-0.39, 0.29) is 23.9 Å². The van der Waals surface area contributed by atoms with Crippen LogP contribution in [0, 0.1) is 0 Å². The molecule has 1 aliphatic heterocycles. The summed E-state index contributed by atoms with van der Waals surface area (Å²) in [5, 5.41) is 8.68. The van der Waals surface area contributed by atoms with E-state index < -0.39 is 0 Å². The molecule has 0 saturated carbocycles. The van der Waals surface area contributed by atoms with E-state index in [0.717, 1.165) is 5.69 Å². The molecule has 3 heterocycles. The molecule has 0 fully saturated rings. The normalized spacial score (nSPS) is 15.3. The average Bonchev–Trinajstić information content (AvgIpc) is 3.35. The van der Waals surface area contributed by atoms with Gasteiger partial charge < -0.3 is 5.32 Å². The predicted octanol–water partition coefficient (Wildman–Crippen LogP) is 3.91. The lowest BCUT2D eigenvalue weighted by Crippen LogP contribution is -2.27. The first kappa shape index (κ1) is 18.9. The fraction of sp³-hybridized carbons (Fsp3) is 0.143. The molecule has 1 amide bonds. The molecule has 0 aliphatic carbocycles. The maximum Gasteiger partial charge on any atom is 0.265 e. The largest absolute Gasteiger partial charge is 0.325 e. The van der Waals surface area contributed by atoms with Gasteiger partial charge in [0.25, 0.3) is 5.56 Å². The number of rotatable bonds is 4. The fourth-order valence-electron chi connectivity index (χ4n) is 3.52. The van der Waals surface area contributed by atoms with Crippen molar-refractivity contribution < 1.29 is 4.79 Å². The van der Waals surface area contributed by atoms with Gasteiger partial charge in [0.1, 0.15) is 5.39 Å². The van der Waals surface area contributed by atoms with Crippen LogP contribution in [0.5, 0.6) is 0 Å². The highest BCUT2D eigenvalue weighted by Crippen LogP contribution is 2.34. The molecular weight excluding hydrogens is 422 g/mol. The maximum atomic E-state index is 13.2. The Kier molecular flexibility index (Phi) is 4.80. The lowest BCUT2D eigenvalue weighted by Gasteiger charge is -2.14. The van der Waals surface area contributed by atoms with Crippen LogP contribution < -0.4 is 10.9 Å². The Bertz CT molecular complexity index is 1320. The molecule has 0 saturated heterocycles. The lowest BCUT2D eigenvalue weighted by atomic mass is 10.2. The van der Waals surface area contributed by atoms with E-state index >= 15 is 0 Å². The van der Waals surface area contributed by atoms with E-state index in [9.17, 15) is 9.59 Å². The highest BCUT2D eigenvalue weighted by molar-refractivity contribution is 7.99. The van der Waals surface area contributed by atoms with Crippen LogP contribution in [0.4, 0.5) is 5.69 Å². The minimum Gasteiger partial charge on any atom is -0.325 e. The highest BCUT2D eigenvalue weighted by Gasteiger charge is 2.29. The van der Waals surface area contributed by atoms with Gasteiger partial charge in [0.15, 0.2) is 10.8 Å². The Hall–Kier alpha value is -3.10. The van der Waals surface area contributed by atoms with Crippen molar-refractivity contribution in [3.05, 3.63) is 76.2 Å². The number of anilines is 1. The quantitative estimate of drug-likeness (QED) is 0.489. The molecule has 0 bridgehead atoms. The molecule has 4 aromatic rings. The van der Waals surface area contributed by atoms with Gasteiger partial charge in [0, 0.05) is 12.2 Å². The molecule has 150 valence electrons. The lowest BCUT2D eigenvalue weighted by molar-refractivity contribution is -0.116. The standard InChI is InChI=1S/C21H16ClN5O2S/c22-16-8-4-5-9-17(16)24-18(28)10-14-12-30-21-25-19-15(20(29)26(14)21)11-23-27(19)13-6-2-1-3-7-13/h1-9,11,14H,10,12H2,(H,24,28). The van der Waals surface area contributed by atoms with E-state index in [1.807, 2.05) is 30.3 Å². The summed E-state index contributed by atoms with van der Waals surface area (Å²) in [4.78, 5) is 30.4. The van der Waals surface area contributed by atoms with Crippen molar-refractivity contribution in [2.45, 2.75) is 17.6 Å². The van der Waals surface area contributed by atoms with Gasteiger partial charge in [-0.2, -0.15) is 5.10 Å². The number of benzene rings is 2. The molecule has 9 heteroatoms. The number of halogens is 1. The number of aromatic nitrogens is 4. The van der Waals surface area contributed by atoms with Crippen molar-refractivity contribution in [3.8, 4) is 5.69 Å². The predicted molar refractivity (Wildman–Crippen MR) is 118 cm³/mol. The smallest absolute Gasteiger partial charge is 0.265 e. The monoisotopic (exact) mass is 437 g/mol. The van der Waals surface area contributed by atoms with Crippen LogP contribution in [0.15, 0.2) is 70.7 Å². The molecule has 5 rings (SSSR count). The van der Waals surface area contributed by atoms with E-state index in [1.54, 1.807) is 33.5 Å². The summed E-state index contributed by atoms with van der Waals surface area (Å²) in [5.74, 6) is 0.400. The SMILES string of the molecule is O=C(CC1CSc2nc3c(cnn3-c3ccccc3)c(=O)n21)Nc1ccccc1Cl. The van der Waals surface area contributed by atoms with Crippen LogP contribution in [0.3, 0.4) is 0 Å². The third-order valence-electron chi connectivity index (χ3n) is 4.94. The van der Waals surface area contributed by atoms with Crippen LogP contribution in [0.1, 0.15) is 12.5 Å². The zero-order valence-corrected chi connectivity index (χ0v) is 17.2. The first-order valence-corrected chi connectivity index (χ1v) is 10.7. The summed E-state index contributed by atoms with van der Waals surface area (Å²) in [6.07, 6.45) is 1.69. The second kappa shape index (κ2) is 7.62. The van der Waals surface area contributed by atoms with Crippen molar-refractivity contribution in [3.63, 3.8) is 0 Å². The van der Waals surface area contributed by atoms with Gasteiger partial charge in [-0.1, -0.05) is 53.7 Å². The first-order chi connectivity index (χ1) is 14.6. The molecule has 0 radical (unpaired) electrons. The van der Waals surface area contributed by atoms with Crippen molar-refractivity contribution in [1.29, 1.82) is 0 Å². The fourth-order valence-corrected chi connectivity index (χ4v) is 4.83.